The first-order valence-corrected chi connectivity index (χ1v) is 10.2. The van der Waals surface area contributed by atoms with Crippen LogP contribution in [0.3, 0.4) is 0 Å². The smallest absolute Gasteiger partial charge is 0.351 e. The molecule has 0 spiro atoms. The molecule has 1 aromatic carbocycles. The molecule has 0 aliphatic rings. The first kappa shape index (κ1) is 19.6. The minimum absolute atomic E-state index is 0.00526. The highest BCUT2D eigenvalue weighted by Gasteiger charge is 2.36. The van der Waals surface area contributed by atoms with Crippen LogP contribution in [0.4, 0.5) is 13.2 Å². The lowest BCUT2D eigenvalue weighted by molar-refractivity contribution is -0.155. The molecule has 0 aliphatic heterocycles. The van der Waals surface area contributed by atoms with Crippen LogP contribution >= 0.6 is 11.3 Å². The van der Waals surface area contributed by atoms with Crippen LogP contribution in [-0.2, 0) is 16.2 Å². The van der Waals surface area contributed by atoms with E-state index in [0.717, 1.165) is 23.0 Å². The summed E-state index contributed by atoms with van der Waals surface area (Å²) in [5, 5.41) is 4.78. The highest BCUT2D eigenvalue weighted by atomic mass is 32.2. The lowest BCUT2D eigenvalue weighted by atomic mass is 10.0. The quantitative estimate of drug-likeness (QED) is 0.642. The molecule has 27 heavy (non-hydrogen) atoms. The van der Waals surface area contributed by atoms with Crippen molar-refractivity contribution < 1.29 is 26.1 Å². The Kier molecular flexibility index (Phi) is 5.41. The first-order valence-electron chi connectivity index (χ1n) is 7.84. The molecular formula is C17H15F3N2O3S2. The van der Waals surface area contributed by atoms with Gasteiger partial charge in [-0.1, -0.05) is 42.4 Å². The van der Waals surface area contributed by atoms with Crippen molar-refractivity contribution in [3.8, 4) is 11.3 Å². The van der Waals surface area contributed by atoms with E-state index in [2.05, 4.69) is 14.4 Å². The lowest BCUT2D eigenvalue weighted by Crippen LogP contribution is -2.27. The summed E-state index contributed by atoms with van der Waals surface area (Å²) in [5.74, 6) is -1.27. The Morgan fingerprint density at radius 3 is 2.56 bits per heavy atom. The topological polar surface area (TPSA) is 72.2 Å². The van der Waals surface area contributed by atoms with Gasteiger partial charge >= 0.3 is 6.18 Å². The second-order valence-corrected chi connectivity index (χ2v) is 8.80. The first-order chi connectivity index (χ1) is 12.7. The van der Waals surface area contributed by atoms with Gasteiger partial charge in [-0.05, 0) is 17.5 Å². The fourth-order valence-corrected chi connectivity index (χ4v) is 4.69. The minimum atomic E-state index is -4.65. The number of halogens is 3. The van der Waals surface area contributed by atoms with Gasteiger partial charge in [0.05, 0.1) is 0 Å². The van der Waals surface area contributed by atoms with E-state index < -0.39 is 22.0 Å². The van der Waals surface area contributed by atoms with Gasteiger partial charge in [-0.25, -0.2) is 13.1 Å². The highest BCUT2D eigenvalue weighted by Crippen LogP contribution is 2.34. The zero-order valence-electron chi connectivity index (χ0n) is 14.0. The van der Waals surface area contributed by atoms with Gasteiger partial charge in [0, 0.05) is 23.6 Å². The second kappa shape index (κ2) is 7.45. The summed E-state index contributed by atoms with van der Waals surface area (Å²) in [6, 6.07) is 11.5. The standard InChI is InChI=1S/C17H15F3N2O3S2/c1-11(12-5-3-2-4-6-12)9-21-27(23,24)16-7-13(10-26-16)14-8-15(25-22-14)17(18,19)20/h2-8,10-11,21H,9H2,1H3. The zero-order valence-corrected chi connectivity index (χ0v) is 15.7. The lowest BCUT2D eigenvalue weighted by Gasteiger charge is -2.12. The Morgan fingerprint density at radius 2 is 1.93 bits per heavy atom. The van der Waals surface area contributed by atoms with Gasteiger partial charge in [0.2, 0.25) is 15.8 Å². The Hall–Kier alpha value is -2.17. The van der Waals surface area contributed by atoms with Crippen molar-refractivity contribution >= 4 is 21.4 Å². The number of benzene rings is 1. The van der Waals surface area contributed by atoms with Crippen molar-refractivity contribution in [2.75, 3.05) is 6.54 Å². The summed E-state index contributed by atoms with van der Waals surface area (Å²) in [6.45, 7) is 2.09. The third kappa shape index (κ3) is 4.57. The number of aromatic nitrogens is 1. The number of rotatable bonds is 6. The van der Waals surface area contributed by atoms with Crippen molar-refractivity contribution in [3.63, 3.8) is 0 Å². The molecule has 0 fully saturated rings. The van der Waals surface area contributed by atoms with Gasteiger partial charge in [0.15, 0.2) is 0 Å². The van der Waals surface area contributed by atoms with Gasteiger partial charge in [0.25, 0.3) is 0 Å². The largest absolute Gasteiger partial charge is 0.452 e. The van der Waals surface area contributed by atoms with Crippen molar-refractivity contribution in [2.45, 2.75) is 23.2 Å². The molecule has 0 aliphatic carbocycles. The number of nitrogens with zero attached hydrogens (tertiary/aromatic N) is 1. The highest BCUT2D eigenvalue weighted by molar-refractivity contribution is 7.91. The molecule has 2 heterocycles. The van der Waals surface area contributed by atoms with E-state index in [1.165, 1.54) is 11.4 Å². The van der Waals surface area contributed by atoms with Crippen LogP contribution in [0.5, 0.6) is 0 Å². The molecule has 0 amide bonds. The number of nitrogens with one attached hydrogen (secondary N) is 1. The molecule has 5 nitrogen and oxygen atoms in total. The molecule has 0 radical (unpaired) electrons. The van der Waals surface area contributed by atoms with Crippen LogP contribution in [0.2, 0.25) is 0 Å². The second-order valence-electron chi connectivity index (χ2n) is 5.89. The molecule has 0 saturated carbocycles. The Morgan fingerprint density at radius 1 is 1.22 bits per heavy atom. The zero-order chi connectivity index (χ0) is 19.7. The van der Waals surface area contributed by atoms with Crippen LogP contribution in [0.1, 0.15) is 24.2 Å². The van der Waals surface area contributed by atoms with E-state index in [0.29, 0.717) is 0 Å². The van der Waals surface area contributed by atoms with Crippen LogP contribution in [-0.4, -0.2) is 20.1 Å². The third-order valence-corrected chi connectivity index (χ3v) is 6.74. The average Bonchev–Trinajstić information content (AvgIpc) is 3.29. The summed E-state index contributed by atoms with van der Waals surface area (Å²) in [4.78, 5) is 0. The molecule has 1 N–H and O–H groups in total. The monoisotopic (exact) mass is 416 g/mol. The van der Waals surface area contributed by atoms with Crippen LogP contribution in [0, 0.1) is 0 Å². The summed E-state index contributed by atoms with van der Waals surface area (Å²) in [6.07, 6.45) is -4.65. The van der Waals surface area contributed by atoms with E-state index in [4.69, 9.17) is 0 Å². The van der Waals surface area contributed by atoms with Crippen LogP contribution < -0.4 is 4.72 Å². The molecule has 1 atom stereocenters. The van der Waals surface area contributed by atoms with Gasteiger partial charge in [-0.15, -0.1) is 11.3 Å². The van der Waals surface area contributed by atoms with Gasteiger partial charge < -0.3 is 4.52 Å². The van der Waals surface area contributed by atoms with Crippen molar-refractivity contribution in [2.24, 2.45) is 0 Å². The molecular weight excluding hydrogens is 401 g/mol. The maximum absolute atomic E-state index is 12.6. The molecule has 3 aromatic rings. The number of thiophene rings is 1. The fourth-order valence-electron chi connectivity index (χ4n) is 2.34. The van der Waals surface area contributed by atoms with E-state index in [9.17, 15) is 21.6 Å². The fraction of sp³-hybridized carbons (Fsp3) is 0.235. The normalized spacial score (nSPS) is 13.6. The van der Waals surface area contributed by atoms with E-state index in [1.807, 2.05) is 37.3 Å². The average molecular weight is 416 g/mol. The number of alkyl halides is 3. The van der Waals surface area contributed by atoms with E-state index in [-0.39, 0.29) is 27.9 Å². The van der Waals surface area contributed by atoms with E-state index in [1.54, 1.807) is 0 Å². The van der Waals surface area contributed by atoms with Gasteiger partial charge in [0.1, 0.15) is 9.90 Å². The van der Waals surface area contributed by atoms with Crippen molar-refractivity contribution in [1.82, 2.24) is 9.88 Å². The summed E-state index contributed by atoms with van der Waals surface area (Å²) in [7, 11) is -3.78. The number of hydrogen-bond acceptors (Lipinski definition) is 5. The Labute approximate surface area is 157 Å². The molecule has 10 heteroatoms. The molecule has 1 unspecified atom stereocenters. The Balaban J connectivity index is 1.72. The molecule has 0 bridgehead atoms. The molecule has 0 saturated heterocycles. The summed E-state index contributed by atoms with van der Waals surface area (Å²) in [5.41, 5.74) is 1.17. The van der Waals surface area contributed by atoms with Crippen LogP contribution in [0.25, 0.3) is 11.3 Å². The summed E-state index contributed by atoms with van der Waals surface area (Å²) < 4.78 is 69.5. The number of hydrogen-bond donors (Lipinski definition) is 1. The van der Waals surface area contributed by atoms with Crippen molar-refractivity contribution in [3.05, 3.63) is 59.2 Å². The maximum atomic E-state index is 12.6. The third-order valence-electron chi connectivity index (χ3n) is 3.87. The Bertz CT molecular complexity index is 1010. The van der Waals surface area contributed by atoms with Gasteiger partial charge in [-0.3, -0.25) is 0 Å². The minimum Gasteiger partial charge on any atom is -0.351 e. The predicted octanol–water partition coefficient (Wildman–Crippen LogP) is 4.50. The summed E-state index contributed by atoms with van der Waals surface area (Å²) >= 11 is 0.902. The van der Waals surface area contributed by atoms with Crippen LogP contribution in [0.15, 0.2) is 56.6 Å². The van der Waals surface area contributed by atoms with E-state index >= 15 is 0 Å². The molecule has 3 rings (SSSR count). The molecule has 2 aromatic heterocycles. The van der Waals surface area contributed by atoms with Crippen molar-refractivity contribution in [1.29, 1.82) is 0 Å². The maximum Gasteiger partial charge on any atom is 0.452 e. The SMILES string of the molecule is CC(CNS(=O)(=O)c1cc(-c2cc(C(F)(F)F)on2)cs1)c1ccccc1. The number of sulfonamides is 1. The predicted molar refractivity (Wildman–Crippen MR) is 94.9 cm³/mol. The van der Waals surface area contributed by atoms with Gasteiger partial charge in [-0.2, -0.15) is 13.2 Å². The molecule has 144 valence electrons.